The molecule has 4 nitrogen and oxygen atoms in total. The summed E-state index contributed by atoms with van der Waals surface area (Å²) in [6.07, 6.45) is 0. The Morgan fingerprint density at radius 1 is 0.917 bits per heavy atom. The molecule has 0 radical (unpaired) electrons. The number of anilines is 2. The van der Waals surface area contributed by atoms with Crippen LogP contribution in [0.1, 0.15) is 32.0 Å². The fourth-order valence-electron chi connectivity index (χ4n) is 2.30. The molecule has 0 saturated carbocycles. The van der Waals surface area contributed by atoms with Crippen molar-refractivity contribution in [3.8, 4) is 0 Å². The lowest BCUT2D eigenvalue weighted by Gasteiger charge is -2.34. The van der Waals surface area contributed by atoms with Crippen molar-refractivity contribution in [1.29, 1.82) is 0 Å². The zero-order valence-electron chi connectivity index (χ0n) is 16.0. The van der Waals surface area contributed by atoms with Crippen molar-refractivity contribution in [3.05, 3.63) is 35.5 Å². The second-order valence-corrected chi connectivity index (χ2v) is 8.30. The van der Waals surface area contributed by atoms with Gasteiger partial charge in [-0.15, -0.1) is 0 Å². The Balaban J connectivity index is 2.23. The molecule has 24 heavy (non-hydrogen) atoms. The summed E-state index contributed by atoms with van der Waals surface area (Å²) in [4.78, 5) is 14.8. The highest BCUT2D eigenvalue weighted by Gasteiger charge is 2.17. The second-order valence-electron chi connectivity index (χ2n) is 7.26. The average molecular weight is 345 g/mol. The quantitative estimate of drug-likeness (QED) is 0.760. The van der Waals surface area contributed by atoms with Gasteiger partial charge in [-0.2, -0.15) is 0 Å². The Morgan fingerprint density at radius 3 is 2.00 bits per heavy atom. The molecule has 1 aromatic heterocycles. The SMILES string of the molecule is Cc1nc(Sc2ccc(N(C)C(C)(C)C)cc2)nc(N(C)C)c1C. The van der Waals surface area contributed by atoms with Crippen LogP contribution >= 0.6 is 11.8 Å². The molecule has 130 valence electrons. The fourth-order valence-corrected chi connectivity index (χ4v) is 3.10. The van der Waals surface area contributed by atoms with Crippen LogP contribution in [0.4, 0.5) is 11.5 Å². The molecule has 0 spiro atoms. The van der Waals surface area contributed by atoms with E-state index >= 15 is 0 Å². The van der Waals surface area contributed by atoms with Crippen molar-refractivity contribution in [1.82, 2.24) is 9.97 Å². The van der Waals surface area contributed by atoms with Crippen LogP contribution in [0.25, 0.3) is 0 Å². The van der Waals surface area contributed by atoms with Gasteiger partial charge in [0.15, 0.2) is 5.16 Å². The van der Waals surface area contributed by atoms with Crippen molar-refractivity contribution >= 4 is 23.3 Å². The lowest BCUT2D eigenvalue weighted by Crippen LogP contribution is -2.37. The minimum Gasteiger partial charge on any atom is -0.370 e. The summed E-state index contributed by atoms with van der Waals surface area (Å²) in [6, 6.07) is 8.58. The first-order valence-electron chi connectivity index (χ1n) is 8.14. The summed E-state index contributed by atoms with van der Waals surface area (Å²) in [5, 5.41) is 0.790. The van der Waals surface area contributed by atoms with E-state index in [1.54, 1.807) is 11.8 Å². The third-order valence-corrected chi connectivity index (χ3v) is 5.08. The van der Waals surface area contributed by atoms with Gasteiger partial charge in [0.1, 0.15) is 5.82 Å². The molecule has 0 saturated heterocycles. The molecule has 0 aliphatic rings. The first-order chi connectivity index (χ1) is 11.1. The zero-order chi connectivity index (χ0) is 18.1. The largest absolute Gasteiger partial charge is 0.370 e. The van der Waals surface area contributed by atoms with Gasteiger partial charge in [-0.25, -0.2) is 9.97 Å². The average Bonchev–Trinajstić information content (AvgIpc) is 2.49. The standard InChI is InChI=1S/C19H28N4S/c1-13-14(2)20-18(21-17(13)22(6)7)24-16-11-9-15(10-12-16)23(8)19(3,4)5/h9-12H,1-8H3. The topological polar surface area (TPSA) is 32.3 Å². The highest BCUT2D eigenvalue weighted by molar-refractivity contribution is 7.99. The molecule has 0 amide bonds. The molecule has 1 heterocycles. The van der Waals surface area contributed by atoms with Crippen LogP contribution in [0.3, 0.4) is 0 Å². The molecule has 0 fully saturated rings. The molecule has 0 unspecified atom stereocenters. The maximum Gasteiger partial charge on any atom is 0.194 e. The van der Waals surface area contributed by atoms with Crippen molar-refractivity contribution in [3.63, 3.8) is 0 Å². The van der Waals surface area contributed by atoms with Crippen molar-refractivity contribution in [2.45, 2.75) is 50.2 Å². The molecule has 1 aromatic carbocycles. The predicted octanol–water partition coefficient (Wildman–Crippen LogP) is 4.55. The van der Waals surface area contributed by atoms with E-state index in [0.29, 0.717) is 0 Å². The van der Waals surface area contributed by atoms with Crippen LogP contribution in [0, 0.1) is 13.8 Å². The molecular weight excluding hydrogens is 316 g/mol. The number of nitrogens with zero attached hydrogens (tertiary/aromatic N) is 4. The normalized spacial score (nSPS) is 11.5. The molecule has 0 N–H and O–H groups in total. The molecule has 0 atom stereocenters. The van der Waals surface area contributed by atoms with Crippen LogP contribution in [0.2, 0.25) is 0 Å². The number of aromatic nitrogens is 2. The van der Waals surface area contributed by atoms with E-state index in [2.05, 4.69) is 68.9 Å². The summed E-state index contributed by atoms with van der Waals surface area (Å²) in [5.41, 5.74) is 3.47. The van der Waals surface area contributed by atoms with Crippen LogP contribution in [-0.4, -0.2) is 36.6 Å². The second kappa shape index (κ2) is 7.01. The minimum absolute atomic E-state index is 0.104. The number of hydrogen-bond acceptors (Lipinski definition) is 5. The number of aryl methyl sites for hydroxylation is 1. The maximum absolute atomic E-state index is 4.69. The van der Waals surface area contributed by atoms with Gasteiger partial charge < -0.3 is 9.80 Å². The fraction of sp³-hybridized carbons (Fsp3) is 0.474. The molecular formula is C19H28N4S. The maximum atomic E-state index is 4.69. The van der Waals surface area contributed by atoms with Crippen LogP contribution in [0.5, 0.6) is 0 Å². The number of rotatable bonds is 4. The van der Waals surface area contributed by atoms with E-state index in [1.165, 1.54) is 5.69 Å². The third kappa shape index (κ3) is 4.20. The van der Waals surface area contributed by atoms with Gasteiger partial charge in [-0.1, -0.05) is 0 Å². The number of benzene rings is 1. The van der Waals surface area contributed by atoms with Crippen molar-refractivity contribution in [2.24, 2.45) is 0 Å². The zero-order valence-corrected chi connectivity index (χ0v) is 16.8. The molecule has 0 aliphatic carbocycles. The molecule has 2 rings (SSSR count). The van der Waals surface area contributed by atoms with Gasteiger partial charge in [0.25, 0.3) is 0 Å². The Morgan fingerprint density at radius 2 is 1.50 bits per heavy atom. The summed E-state index contributed by atoms with van der Waals surface area (Å²) in [7, 11) is 6.15. The lowest BCUT2D eigenvalue weighted by molar-refractivity contribution is 0.538. The Bertz CT molecular complexity index is 703. The van der Waals surface area contributed by atoms with E-state index in [1.807, 2.05) is 25.9 Å². The Kier molecular flexibility index (Phi) is 5.43. The minimum atomic E-state index is 0.104. The highest BCUT2D eigenvalue weighted by atomic mass is 32.2. The smallest absolute Gasteiger partial charge is 0.194 e. The van der Waals surface area contributed by atoms with Crippen LogP contribution in [0.15, 0.2) is 34.3 Å². The summed E-state index contributed by atoms with van der Waals surface area (Å²) in [6.45, 7) is 10.7. The van der Waals surface area contributed by atoms with E-state index in [4.69, 9.17) is 4.98 Å². The van der Waals surface area contributed by atoms with E-state index in [0.717, 1.165) is 27.1 Å². The van der Waals surface area contributed by atoms with E-state index < -0.39 is 0 Å². The monoisotopic (exact) mass is 344 g/mol. The summed E-state index contributed by atoms with van der Waals surface area (Å²) in [5.74, 6) is 0.981. The lowest BCUT2D eigenvalue weighted by atomic mass is 10.1. The number of hydrogen-bond donors (Lipinski definition) is 0. The van der Waals surface area contributed by atoms with Crippen LogP contribution < -0.4 is 9.80 Å². The first kappa shape index (κ1) is 18.6. The molecule has 0 aliphatic heterocycles. The van der Waals surface area contributed by atoms with Crippen molar-refractivity contribution < 1.29 is 0 Å². The molecule has 2 aromatic rings. The van der Waals surface area contributed by atoms with E-state index in [9.17, 15) is 0 Å². The van der Waals surface area contributed by atoms with Crippen molar-refractivity contribution in [2.75, 3.05) is 30.9 Å². The summed E-state index contributed by atoms with van der Waals surface area (Å²) >= 11 is 1.60. The molecule has 5 heteroatoms. The highest BCUT2D eigenvalue weighted by Crippen LogP contribution is 2.30. The van der Waals surface area contributed by atoms with Gasteiger partial charge >= 0.3 is 0 Å². The predicted molar refractivity (Wildman–Crippen MR) is 105 cm³/mol. The van der Waals surface area contributed by atoms with Gasteiger partial charge in [0.2, 0.25) is 0 Å². The van der Waals surface area contributed by atoms with Gasteiger partial charge in [-0.05, 0) is 70.6 Å². The molecule has 0 bridgehead atoms. The Labute approximate surface area is 150 Å². The third-order valence-electron chi connectivity index (χ3n) is 4.21. The van der Waals surface area contributed by atoms with E-state index in [-0.39, 0.29) is 5.54 Å². The van der Waals surface area contributed by atoms with Gasteiger partial charge in [0.05, 0.1) is 0 Å². The van der Waals surface area contributed by atoms with Gasteiger partial charge in [0, 0.05) is 48.5 Å². The van der Waals surface area contributed by atoms with Crippen LogP contribution in [-0.2, 0) is 0 Å². The van der Waals surface area contributed by atoms with Gasteiger partial charge in [-0.3, -0.25) is 0 Å². The first-order valence-corrected chi connectivity index (χ1v) is 8.95. The Hall–Kier alpha value is -1.75. The summed E-state index contributed by atoms with van der Waals surface area (Å²) < 4.78 is 0.